The van der Waals surface area contributed by atoms with Gasteiger partial charge in [-0.1, -0.05) is 50.4 Å². The maximum Gasteiger partial charge on any atom is 0.242 e. The number of hydrogen-bond acceptors (Lipinski definition) is 2. The van der Waals surface area contributed by atoms with E-state index in [2.05, 4.69) is 36.6 Å². The number of halogens is 3. The Morgan fingerprint density at radius 1 is 1.44 bits per heavy atom. The van der Waals surface area contributed by atoms with Crippen LogP contribution in [0.1, 0.15) is 19.8 Å². The topological polar surface area (TPSA) is 46.2 Å². The summed E-state index contributed by atoms with van der Waals surface area (Å²) in [6.45, 7) is 2.44. The molecule has 0 aromatic heterocycles. The Morgan fingerprint density at radius 3 is 2.67 bits per heavy atom. The third-order valence-electron chi connectivity index (χ3n) is 2.25. The molecule has 0 aliphatic rings. The van der Waals surface area contributed by atoms with Crippen molar-refractivity contribution in [2.45, 2.75) is 29.5 Å². The quantitative estimate of drug-likeness (QED) is 0.561. The van der Waals surface area contributed by atoms with Crippen LogP contribution in [0.25, 0.3) is 0 Å². The summed E-state index contributed by atoms with van der Waals surface area (Å²) in [6, 6.07) is 4.71. The Kier molecular flexibility index (Phi) is 6.61. The molecule has 1 aromatic carbocycles. The first-order valence-electron chi connectivity index (χ1n) is 5.41. The van der Waals surface area contributed by atoms with Gasteiger partial charge in [0.2, 0.25) is 10.0 Å². The molecule has 1 atom stereocenters. The lowest BCUT2D eigenvalue weighted by Crippen LogP contribution is -2.25. The lowest BCUT2D eigenvalue weighted by Gasteiger charge is -2.09. The van der Waals surface area contributed by atoms with Crippen LogP contribution >= 0.6 is 43.5 Å². The molecule has 0 fully saturated rings. The molecule has 3 nitrogen and oxygen atoms in total. The first kappa shape index (κ1) is 16.4. The molecule has 0 saturated heterocycles. The Labute approximate surface area is 130 Å². The summed E-state index contributed by atoms with van der Waals surface area (Å²) in [5.74, 6) is 0. The highest BCUT2D eigenvalue weighted by molar-refractivity contribution is 9.10. The summed E-state index contributed by atoms with van der Waals surface area (Å²) in [4.78, 5) is 0.498. The van der Waals surface area contributed by atoms with Crippen molar-refractivity contribution in [2.24, 2.45) is 0 Å². The van der Waals surface area contributed by atoms with E-state index < -0.39 is 10.0 Å². The van der Waals surface area contributed by atoms with Gasteiger partial charge in [0.25, 0.3) is 0 Å². The zero-order chi connectivity index (χ0) is 13.8. The van der Waals surface area contributed by atoms with E-state index in [1.165, 1.54) is 6.07 Å². The molecule has 0 heterocycles. The van der Waals surface area contributed by atoms with Gasteiger partial charge < -0.3 is 0 Å². The SMILES string of the molecule is CC(Br)CCCNS(=O)(=O)c1ccc(Br)cc1Cl. The number of rotatable bonds is 6. The maximum atomic E-state index is 12.0. The van der Waals surface area contributed by atoms with Gasteiger partial charge in [-0.2, -0.15) is 0 Å². The van der Waals surface area contributed by atoms with E-state index in [4.69, 9.17) is 11.6 Å². The van der Waals surface area contributed by atoms with E-state index in [-0.39, 0.29) is 9.92 Å². The van der Waals surface area contributed by atoms with E-state index in [1.807, 2.05) is 6.92 Å². The minimum absolute atomic E-state index is 0.110. The smallest absolute Gasteiger partial charge is 0.211 e. The van der Waals surface area contributed by atoms with Crippen LogP contribution in [0.5, 0.6) is 0 Å². The molecule has 0 saturated carbocycles. The summed E-state index contributed by atoms with van der Waals surface area (Å²) >= 11 is 12.6. The second kappa shape index (κ2) is 7.24. The zero-order valence-electron chi connectivity index (χ0n) is 9.79. The molecule has 0 aliphatic carbocycles. The van der Waals surface area contributed by atoms with Gasteiger partial charge in [0.1, 0.15) is 4.90 Å². The second-order valence-corrected chi connectivity index (χ2v) is 8.52. The highest BCUT2D eigenvalue weighted by Crippen LogP contribution is 2.25. The van der Waals surface area contributed by atoms with Crippen LogP contribution in [-0.2, 0) is 10.0 Å². The molecule has 0 aliphatic heterocycles. The van der Waals surface area contributed by atoms with E-state index in [0.717, 1.165) is 17.3 Å². The van der Waals surface area contributed by atoms with Crippen LogP contribution < -0.4 is 4.72 Å². The van der Waals surface area contributed by atoms with E-state index in [0.29, 0.717) is 11.4 Å². The van der Waals surface area contributed by atoms with Gasteiger partial charge >= 0.3 is 0 Å². The summed E-state index contributed by atoms with van der Waals surface area (Å²) in [5, 5.41) is 0.214. The minimum atomic E-state index is -3.52. The Hall–Kier alpha value is 0.380. The van der Waals surface area contributed by atoms with Gasteiger partial charge in [-0.3, -0.25) is 0 Å². The van der Waals surface area contributed by atoms with Crippen LogP contribution in [0.3, 0.4) is 0 Å². The van der Waals surface area contributed by atoms with Gasteiger partial charge in [-0.15, -0.1) is 0 Å². The molecule has 1 rings (SSSR count). The van der Waals surface area contributed by atoms with Crippen LogP contribution in [-0.4, -0.2) is 19.8 Å². The molecule has 7 heteroatoms. The lowest BCUT2D eigenvalue weighted by molar-refractivity contribution is 0.577. The van der Waals surface area contributed by atoms with Gasteiger partial charge in [0.05, 0.1) is 5.02 Å². The molecule has 1 unspecified atom stereocenters. The summed E-state index contributed by atoms with van der Waals surface area (Å²) in [5.41, 5.74) is 0. The van der Waals surface area contributed by atoms with Crippen molar-refractivity contribution in [3.63, 3.8) is 0 Å². The van der Waals surface area contributed by atoms with Crippen molar-refractivity contribution in [3.05, 3.63) is 27.7 Å². The zero-order valence-corrected chi connectivity index (χ0v) is 14.5. The normalized spacial score (nSPS) is 13.6. The first-order valence-corrected chi connectivity index (χ1v) is 8.98. The average Bonchev–Trinajstić information content (AvgIpc) is 2.23. The van der Waals surface area contributed by atoms with Crippen molar-refractivity contribution < 1.29 is 8.42 Å². The van der Waals surface area contributed by atoms with E-state index in [9.17, 15) is 8.42 Å². The lowest BCUT2D eigenvalue weighted by atomic mass is 10.2. The van der Waals surface area contributed by atoms with Crippen molar-refractivity contribution in [2.75, 3.05) is 6.54 Å². The van der Waals surface area contributed by atoms with Crippen LogP contribution in [0, 0.1) is 0 Å². The number of hydrogen-bond donors (Lipinski definition) is 1. The maximum absolute atomic E-state index is 12.0. The minimum Gasteiger partial charge on any atom is -0.211 e. The fraction of sp³-hybridized carbons (Fsp3) is 0.455. The molecule has 102 valence electrons. The molecular weight excluding hydrogens is 405 g/mol. The van der Waals surface area contributed by atoms with Crippen LogP contribution in [0.2, 0.25) is 5.02 Å². The highest BCUT2D eigenvalue weighted by Gasteiger charge is 2.17. The van der Waals surface area contributed by atoms with Crippen molar-refractivity contribution in [1.82, 2.24) is 4.72 Å². The van der Waals surface area contributed by atoms with E-state index >= 15 is 0 Å². The van der Waals surface area contributed by atoms with Crippen LogP contribution in [0.4, 0.5) is 0 Å². The number of benzene rings is 1. The fourth-order valence-electron chi connectivity index (χ4n) is 1.36. The molecule has 0 amide bonds. The Balaban J connectivity index is 2.69. The Bertz CT molecular complexity index is 506. The van der Waals surface area contributed by atoms with Crippen LogP contribution in [0.15, 0.2) is 27.6 Å². The van der Waals surface area contributed by atoms with Crippen molar-refractivity contribution in [1.29, 1.82) is 0 Å². The van der Waals surface area contributed by atoms with Gasteiger partial charge in [-0.05, 0) is 31.0 Å². The number of alkyl halides is 1. The van der Waals surface area contributed by atoms with Crippen molar-refractivity contribution >= 4 is 53.5 Å². The standard InChI is InChI=1S/C11H14Br2ClNO2S/c1-8(12)3-2-6-15-18(16,17)11-5-4-9(13)7-10(11)14/h4-5,7-8,15H,2-3,6H2,1H3. The molecule has 1 aromatic rings. The van der Waals surface area contributed by atoms with Gasteiger partial charge in [0.15, 0.2) is 0 Å². The molecule has 0 radical (unpaired) electrons. The van der Waals surface area contributed by atoms with Crippen molar-refractivity contribution in [3.8, 4) is 0 Å². The van der Waals surface area contributed by atoms with Gasteiger partial charge in [0, 0.05) is 15.8 Å². The second-order valence-electron chi connectivity index (χ2n) is 3.90. The summed E-state index contributed by atoms with van der Waals surface area (Å²) < 4.78 is 27.3. The molecular formula is C11H14Br2ClNO2S. The third-order valence-corrected chi connectivity index (χ3v) is 5.15. The number of sulfonamides is 1. The Morgan fingerprint density at radius 2 is 2.11 bits per heavy atom. The van der Waals surface area contributed by atoms with Gasteiger partial charge in [-0.25, -0.2) is 13.1 Å². The third kappa shape index (κ3) is 5.17. The van der Waals surface area contributed by atoms with E-state index in [1.54, 1.807) is 12.1 Å². The molecule has 1 N–H and O–H groups in total. The highest BCUT2D eigenvalue weighted by atomic mass is 79.9. The summed E-state index contributed by atoms with van der Waals surface area (Å²) in [7, 11) is -3.52. The molecule has 0 spiro atoms. The number of nitrogens with one attached hydrogen (secondary N) is 1. The largest absolute Gasteiger partial charge is 0.242 e. The molecule has 18 heavy (non-hydrogen) atoms. The summed E-state index contributed by atoms with van der Waals surface area (Å²) in [6.07, 6.45) is 1.69. The molecule has 0 bridgehead atoms. The fourth-order valence-corrected chi connectivity index (χ4v) is 3.79. The average molecular weight is 420 g/mol. The first-order chi connectivity index (χ1) is 8.33. The predicted octanol–water partition coefficient (Wildman–Crippen LogP) is 3.94. The monoisotopic (exact) mass is 417 g/mol. The predicted molar refractivity (Wildman–Crippen MR) is 82.0 cm³/mol.